The number of aromatic amines is 1. The van der Waals surface area contributed by atoms with Crippen LogP contribution in [-0.2, 0) is 17.6 Å². The molecule has 2 aliphatic carbocycles. The summed E-state index contributed by atoms with van der Waals surface area (Å²) in [7, 11) is 0. The first-order chi connectivity index (χ1) is 11.1. The molecule has 2 saturated carbocycles. The molecule has 3 heterocycles. The van der Waals surface area contributed by atoms with E-state index in [0.29, 0.717) is 23.6 Å². The maximum Gasteiger partial charge on any atom is 0.254 e. The van der Waals surface area contributed by atoms with Crippen LogP contribution in [0.5, 0.6) is 0 Å². The van der Waals surface area contributed by atoms with E-state index in [0.717, 1.165) is 36.9 Å². The lowest BCUT2D eigenvalue weighted by molar-refractivity contribution is -0.136. The van der Waals surface area contributed by atoms with Gasteiger partial charge in [0.05, 0.1) is 5.69 Å². The zero-order chi connectivity index (χ0) is 15.8. The molecule has 122 valence electrons. The van der Waals surface area contributed by atoms with Crippen molar-refractivity contribution in [3.8, 4) is 0 Å². The molecule has 0 radical (unpaired) electrons. The third kappa shape index (κ3) is 1.88. The SMILES string of the molecule is Cc1nc2c(c(=O)[nH]1)C[C@H]1CC[C@@H](C2)N1C(=O)[C@@H]1CC12CCC2. The first-order valence-corrected chi connectivity index (χ1v) is 8.98. The topological polar surface area (TPSA) is 66.1 Å². The molecule has 4 aliphatic rings. The Labute approximate surface area is 135 Å². The number of hydrogen-bond donors (Lipinski definition) is 1. The number of fused-ring (bicyclic) bond motifs is 3. The summed E-state index contributed by atoms with van der Waals surface area (Å²) in [6, 6.07) is 0.456. The number of hydrogen-bond acceptors (Lipinski definition) is 3. The molecule has 5 nitrogen and oxygen atoms in total. The van der Waals surface area contributed by atoms with E-state index in [1.165, 1.54) is 19.3 Å². The van der Waals surface area contributed by atoms with Crippen LogP contribution in [0, 0.1) is 18.3 Å². The van der Waals surface area contributed by atoms with E-state index < -0.39 is 0 Å². The van der Waals surface area contributed by atoms with Crippen LogP contribution in [0.3, 0.4) is 0 Å². The van der Waals surface area contributed by atoms with E-state index in [1.807, 2.05) is 6.92 Å². The number of aryl methyl sites for hydroxylation is 1. The Morgan fingerprint density at radius 1 is 1.26 bits per heavy atom. The monoisotopic (exact) mass is 313 g/mol. The molecule has 1 saturated heterocycles. The second-order valence-corrected chi connectivity index (χ2v) is 8.09. The number of nitrogens with zero attached hydrogens (tertiary/aromatic N) is 2. The largest absolute Gasteiger partial charge is 0.336 e. The molecule has 1 amide bonds. The first kappa shape index (κ1) is 13.8. The molecule has 3 atom stereocenters. The van der Waals surface area contributed by atoms with E-state index in [1.54, 1.807) is 0 Å². The van der Waals surface area contributed by atoms with Crippen molar-refractivity contribution in [3.05, 3.63) is 27.4 Å². The lowest BCUT2D eigenvalue weighted by Gasteiger charge is -2.32. The van der Waals surface area contributed by atoms with Crippen molar-refractivity contribution in [2.24, 2.45) is 11.3 Å². The third-order valence-corrected chi connectivity index (χ3v) is 6.80. The van der Waals surface area contributed by atoms with Gasteiger partial charge in [0.1, 0.15) is 5.82 Å². The molecule has 1 spiro atoms. The molecule has 2 aliphatic heterocycles. The zero-order valence-electron chi connectivity index (χ0n) is 13.6. The number of carbonyl (C=O) groups is 1. The molecule has 0 aromatic carbocycles. The summed E-state index contributed by atoms with van der Waals surface area (Å²) in [4.78, 5) is 35.0. The summed E-state index contributed by atoms with van der Waals surface area (Å²) in [5.41, 5.74) is 2.11. The third-order valence-electron chi connectivity index (χ3n) is 6.80. The molecule has 23 heavy (non-hydrogen) atoms. The Morgan fingerprint density at radius 2 is 2.00 bits per heavy atom. The normalized spacial score (nSPS) is 33.1. The maximum absolute atomic E-state index is 13.1. The minimum Gasteiger partial charge on any atom is -0.336 e. The quantitative estimate of drug-likeness (QED) is 0.858. The Kier molecular flexibility index (Phi) is 2.67. The number of carbonyl (C=O) groups excluding carboxylic acids is 1. The van der Waals surface area contributed by atoms with Gasteiger partial charge in [-0.2, -0.15) is 0 Å². The van der Waals surface area contributed by atoms with Crippen molar-refractivity contribution in [3.63, 3.8) is 0 Å². The van der Waals surface area contributed by atoms with Crippen LogP contribution in [0.1, 0.15) is 55.6 Å². The van der Waals surface area contributed by atoms with Gasteiger partial charge in [0.15, 0.2) is 0 Å². The minimum atomic E-state index is -0.00525. The number of aromatic nitrogens is 2. The van der Waals surface area contributed by atoms with Crippen LogP contribution in [0.25, 0.3) is 0 Å². The number of rotatable bonds is 1. The molecule has 5 rings (SSSR count). The van der Waals surface area contributed by atoms with Gasteiger partial charge in [-0.25, -0.2) is 4.98 Å². The van der Waals surface area contributed by atoms with Gasteiger partial charge in [0.25, 0.3) is 5.56 Å². The highest BCUT2D eigenvalue weighted by Gasteiger charge is 2.63. The second kappa shape index (κ2) is 4.46. The highest BCUT2D eigenvalue weighted by molar-refractivity contribution is 5.84. The Hall–Kier alpha value is -1.65. The van der Waals surface area contributed by atoms with Crippen molar-refractivity contribution >= 4 is 5.91 Å². The minimum absolute atomic E-state index is 0.00525. The fraction of sp³-hybridized carbons (Fsp3) is 0.722. The fourth-order valence-corrected chi connectivity index (χ4v) is 5.29. The van der Waals surface area contributed by atoms with Gasteiger partial charge in [-0.1, -0.05) is 6.42 Å². The maximum atomic E-state index is 13.1. The summed E-state index contributed by atoms with van der Waals surface area (Å²) in [6.07, 6.45) is 8.40. The molecular formula is C18H23N3O2. The molecular weight excluding hydrogens is 290 g/mol. The standard InChI is InChI=1S/C18H23N3O2/c1-10-19-15-8-12-4-3-11(7-13(15)16(22)20-10)21(12)17(23)14-9-18(14)5-2-6-18/h11-12,14H,2-9H2,1H3,(H,19,20,22)/t11-,12+,14+/m1/s1. The lowest BCUT2D eigenvalue weighted by atomic mass is 9.79. The number of amides is 1. The lowest BCUT2D eigenvalue weighted by Crippen LogP contribution is -2.44. The molecule has 2 bridgehead atoms. The van der Waals surface area contributed by atoms with Crippen LogP contribution >= 0.6 is 0 Å². The van der Waals surface area contributed by atoms with Crippen molar-refractivity contribution in [2.75, 3.05) is 0 Å². The van der Waals surface area contributed by atoms with Gasteiger partial charge in [-0.15, -0.1) is 0 Å². The highest BCUT2D eigenvalue weighted by Crippen LogP contribution is 2.66. The van der Waals surface area contributed by atoms with E-state index >= 15 is 0 Å². The predicted octanol–water partition coefficient (Wildman–Crippen LogP) is 1.73. The molecule has 1 aromatic rings. The molecule has 0 unspecified atom stereocenters. The van der Waals surface area contributed by atoms with Crippen molar-refractivity contribution in [1.29, 1.82) is 0 Å². The van der Waals surface area contributed by atoms with Crippen LogP contribution < -0.4 is 5.56 Å². The van der Waals surface area contributed by atoms with Crippen molar-refractivity contribution in [2.45, 2.75) is 70.4 Å². The van der Waals surface area contributed by atoms with Gasteiger partial charge in [0, 0.05) is 36.4 Å². The van der Waals surface area contributed by atoms with E-state index in [-0.39, 0.29) is 23.6 Å². The Bertz CT molecular complexity index is 749. The molecule has 1 aromatic heterocycles. The van der Waals surface area contributed by atoms with Crippen molar-refractivity contribution in [1.82, 2.24) is 14.9 Å². The predicted molar refractivity (Wildman–Crippen MR) is 85.0 cm³/mol. The molecule has 3 fully saturated rings. The van der Waals surface area contributed by atoms with Crippen LogP contribution in [-0.4, -0.2) is 32.9 Å². The van der Waals surface area contributed by atoms with Gasteiger partial charge in [-0.05, 0) is 44.4 Å². The summed E-state index contributed by atoms with van der Waals surface area (Å²) < 4.78 is 0. The van der Waals surface area contributed by atoms with Crippen LogP contribution in [0.15, 0.2) is 4.79 Å². The number of H-pyrrole nitrogens is 1. The van der Waals surface area contributed by atoms with E-state index in [4.69, 9.17) is 0 Å². The average Bonchev–Trinajstić information content (AvgIpc) is 3.13. The van der Waals surface area contributed by atoms with E-state index in [9.17, 15) is 9.59 Å². The smallest absolute Gasteiger partial charge is 0.254 e. The van der Waals surface area contributed by atoms with Gasteiger partial charge in [0.2, 0.25) is 5.91 Å². The Balaban J connectivity index is 1.46. The van der Waals surface area contributed by atoms with Crippen molar-refractivity contribution < 1.29 is 4.79 Å². The first-order valence-electron chi connectivity index (χ1n) is 8.98. The zero-order valence-corrected chi connectivity index (χ0v) is 13.6. The van der Waals surface area contributed by atoms with Gasteiger partial charge in [-0.3, -0.25) is 9.59 Å². The molecule has 1 N–H and O–H groups in total. The second-order valence-electron chi connectivity index (χ2n) is 8.09. The Morgan fingerprint density at radius 3 is 2.65 bits per heavy atom. The summed E-state index contributed by atoms with van der Waals surface area (Å²) in [6.45, 7) is 1.83. The fourth-order valence-electron chi connectivity index (χ4n) is 5.29. The van der Waals surface area contributed by atoms with Crippen LogP contribution in [0.4, 0.5) is 0 Å². The summed E-state index contributed by atoms with van der Waals surface area (Å²) in [5, 5.41) is 0. The summed E-state index contributed by atoms with van der Waals surface area (Å²) in [5.74, 6) is 1.33. The molecule has 5 heteroatoms. The highest BCUT2D eigenvalue weighted by atomic mass is 16.2. The number of nitrogens with one attached hydrogen (secondary N) is 1. The van der Waals surface area contributed by atoms with Gasteiger partial charge >= 0.3 is 0 Å². The van der Waals surface area contributed by atoms with Crippen LogP contribution in [0.2, 0.25) is 0 Å². The van der Waals surface area contributed by atoms with E-state index in [2.05, 4.69) is 14.9 Å². The summed E-state index contributed by atoms with van der Waals surface area (Å²) >= 11 is 0. The van der Waals surface area contributed by atoms with Gasteiger partial charge < -0.3 is 9.88 Å². The average molecular weight is 313 g/mol.